The molecule has 2 saturated carbocycles. The van der Waals surface area contributed by atoms with Crippen LogP contribution < -0.4 is 11.1 Å². The van der Waals surface area contributed by atoms with E-state index in [1.54, 1.807) is 38.5 Å². The first-order chi connectivity index (χ1) is 20.1. The number of carbonyl (C=O) groups is 5. The molecule has 1 heterocycles. The number of fused-ring (bicyclic) bond motifs is 3. The van der Waals surface area contributed by atoms with E-state index in [1.165, 1.54) is 4.90 Å². The number of phenols is 1. The molecule has 1 aromatic carbocycles. The lowest BCUT2D eigenvalue weighted by atomic mass is 9.52. The largest absolute Gasteiger partial charge is 0.507 e. The lowest BCUT2D eigenvalue weighted by Gasteiger charge is -2.52. The van der Waals surface area contributed by atoms with Gasteiger partial charge in [-0.15, -0.1) is 0 Å². The summed E-state index contributed by atoms with van der Waals surface area (Å²) in [5.41, 5.74) is 4.73. The van der Waals surface area contributed by atoms with E-state index in [9.17, 15) is 34.2 Å². The smallest absolute Gasteiger partial charge is 0.235 e. The number of Topliss-reactive ketones (excluding diaryl/α,β-unsaturated/α-hetero) is 4. The third-order valence-electron chi connectivity index (χ3n) is 9.05. The summed E-state index contributed by atoms with van der Waals surface area (Å²) >= 11 is 0. The fourth-order valence-electron chi connectivity index (χ4n) is 7.19. The van der Waals surface area contributed by atoms with E-state index in [0.717, 1.165) is 0 Å². The number of phenolic OH excluding ortho intramolecular Hbond substituents is 1. The van der Waals surface area contributed by atoms with Crippen molar-refractivity contribution >= 4 is 29.0 Å². The Labute approximate surface area is 249 Å². The molecule has 0 radical (unpaired) electrons. The van der Waals surface area contributed by atoms with Gasteiger partial charge < -0.3 is 21.3 Å². The van der Waals surface area contributed by atoms with Crippen LogP contribution in [0.25, 0.3) is 11.3 Å². The van der Waals surface area contributed by atoms with E-state index in [1.807, 2.05) is 6.07 Å². The third kappa shape index (κ3) is 4.89. The molecule has 5 N–H and O–H groups in total. The number of benzene rings is 1. The number of nitrogens with one attached hydrogen (secondary N) is 1. The van der Waals surface area contributed by atoms with Gasteiger partial charge in [-0.3, -0.25) is 33.9 Å². The molecule has 5 rings (SSSR count). The summed E-state index contributed by atoms with van der Waals surface area (Å²) in [6.07, 6.45) is 1.78. The van der Waals surface area contributed by atoms with Crippen LogP contribution in [-0.2, 0) is 32.1 Å². The molecular formula is C32H38N4O7. The average Bonchev–Trinajstić information content (AvgIpc) is 2.91. The van der Waals surface area contributed by atoms with Crippen molar-refractivity contribution in [3.8, 4) is 17.0 Å². The first-order valence-corrected chi connectivity index (χ1v) is 14.4. The van der Waals surface area contributed by atoms with Gasteiger partial charge in [-0.25, -0.2) is 0 Å². The van der Waals surface area contributed by atoms with Gasteiger partial charge in [-0.1, -0.05) is 26.8 Å². The van der Waals surface area contributed by atoms with Gasteiger partial charge in [0.15, 0.2) is 34.7 Å². The van der Waals surface area contributed by atoms with Crippen LogP contribution in [0, 0.1) is 29.1 Å². The fourth-order valence-corrected chi connectivity index (χ4v) is 7.19. The molecular weight excluding hydrogens is 552 g/mol. The summed E-state index contributed by atoms with van der Waals surface area (Å²) in [6, 6.07) is 6.02. The van der Waals surface area contributed by atoms with Gasteiger partial charge in [0.2, 0.25) is 5.91 Å². The van der Waals surface area contributed by atoms with Crippen molar-refractivity contribution in [2.24, 2.45) is 34.8 Å². The second-order valence-electron chi connectivity index (χ2n) is 13.5. The second-order valence-corrected chi connectivity index (χ2v) is 13.5. The first-order valence-electron chi connectivity index (χ1n) is 14.4. The maximum atomic E-state index is 14.3. The Bertz CT molecular complexity index is 1530. The molecule has 0 saturated heterocycles. The van der Waals surface area contributed by atoms with Gasteiger partial charge in [0, 0.05) is 36.3 Å². The Kier molecular flexibility index (Phi) is 7.65. The van der Waals surface area contributed by atoms with Crippen LogP contribution in [0.3, 0.4) is 0 Å². The number of nitrogens with zero attached hydrogens (tertiary/aromatic N) is 2. The molecule has 43 heavy (non-hydrogen) atoms. The normalized spacial score (nSPS) is 28.9. The van der Waals surface area contributed by atoms with Crippen molar-refractivity contribution in [2.45, 2.75) is 51.8 Å². The van der Waals surface area contributed by atoms with Gasteiger partial charge in [0.25, 0.3) is 0 Å². The van der Waals surface area contributed by atoms with Gasteiger partial charge >= 0.3 is 0 Å². The molecule has 0 aliphatic heterocycles. The number of pyridine rings is 1. The molecule has 2 unspecified atom stereocenters. The Morgan fingerprint density at radius 3 is 2.44 bits per heavy atom. The number of aromatic nitrogens is 1. The van der Waals surface area contributed by atoms with Gasteiger partial charge in [-0.2, -0.15) is 0 Å². The topological polar surface area (TPSA) is 180 Å². The zero-order valence-electron chi connectivity index (χ0n) is 25.0. The predicted molar refractivity (Wildman–Crippen MR) is 156 cm³/mol. The van der Waals surface area contributed by atoms with E-state index in [2.05, 4.69) is 31.1 Å². The predicted octanol–water partition coefficient (Wildman–Crippen LogP) is 1.06. The molecule has 1 aromatic heterocycles. The van der Waals surface area contributed by atoms with E-state index in [0.29, 0.717) is 28.9 Å². The Morgan fingerprint density at radius 1 is 1.16 bits per heavy atom. The van der Waals surface area contributed by atoms with Crippen LogP contribution in [0.5, 0.6) is 5.75 Å². The molecule has 0 spiro atoms. The summed E-state index contributed by atoms with van der Waals surface area (Å²) in [6.45, 7) is 7.05. The minimum absolute atomic E-state index is 0.0127. The number of rotatable bonds is 6. The zero-order chi connectivity index (χ0) is 31.6. The lowest BCUT2D eigenvalue weighted by molar-refractivity contribution is -0.181. The molecule has 2 aromatic rings. The molecule has 228 valence electrons. The summed E-state index contributed by atoms with van der Waals surface area (Å²) in [5, 5.41) is 26.6. The molecule has 11 heteroatoms. The lowest BCUT2D eigenvalue weighted by Crippen LogP contribution is -2.74. The standard InChI is InChI=1S/C32H38N4O7/c1-31(2,3)14-34-13-16-11-17(20-8-6-7-9-35-20)18-10-15-12-19-24(36(4)5)27(39)23(30(33)42)29(41)32(19,43)28(40)21(15)26(38)22(18)25(16)37/h6-9,11,15,19,21,23-24,34,37,43H,10,12-14H2,1-5H3,(H2,33,42)/t15-,19-,21?,23?,24-,32-/m1/s1. The highest BCUT2D eigenvalue weighted by molar-refractivity contribution is 6.32. The molecule has 11 nitrogen and oxygen atoms in total. The highest BCUT2D eigenvalue weighted by atomic mass is 16.3. The number of ketones is 4. The Balaban J connectivity index is 1.65. The second kappa shape index (κ2) is 10.7. The summed E-state index contributed by atoms with van der Waals surface area (Å²) in [5.74, 6) is -10.7. The van der Waals surface area contributed by atoms with Crippen molar-refractivity contribution < 1.29 is 34.2 Å². The third-order valence-corrected chi connectivity index (χ3v) is 9.05. The maximum absolute atomic E-state index is 14.3. The fraction of sp³-hybridized carbons (Fsp3) is 0.500. The van der Waals surface area contributed by atoms with Crippen molar-refractivity contribution in [1.82, 2.24) is 15.2 Å². The number of amides is 1. The van der Waals surface area contributed by atoms with Gasteiger partial charge in [0.1, 0.15) is 5.75 Å². The first kappa shape index (κ1) is 30.7. The number of carbonyl (C=O) groups excluding carboxylic acids is 5. The molecule has 0 bridgehead atoms. The van der Waals surface area contributed by atoms with Crippen molar-refractivity contribution in [1.29, 1.82) is 0 Å². The summed E-state index contributed by atoms with van der Waals surface area (Å²) < 4.78 is 0. The van der Waals surface area contributed by atoms with Gasteiger partial charge in [0.05, 0.1) is 23.2 Å². The van der Waals surface area contributed by atoms with Crippen molar-refractivity contribution in [3.63, 3.8) is 0 Å². The van der Waals surface area contributed by atoms with E-state index in [-0.39, 0.29) is 36.1 Å². The highest BCUT2D eigenvalue weighted by Gasteiger charge is 2.69. The quantitative estimate of drug-likeness (QED) is 0.355. The molecule has 3 aliphatic rings. The number of likely N-dealkylation sites (N-methyl/N-ethyl adjacent to an activating group) is 1. The van der Waals surface area contributed by atoms with Crippen LogP contribution in [0.15, 0.2) is 30.5 Å². The number of hydrogen-bond donors (Lipinski definition) is 4. The monoisotopic (exact) mass is 590 g/mol. The van der Waals surface area contributed by atoms with E-state index < -0.39 is 64.4 Å². The van der Waals surface area contributed by atoms with E-state index in [4.69, 9.17) is 5.73 Å². The van der Waals surface area contributed by atoms with Crippen LogP contribution in [0.1, 0.15) is 48.7 Å². The van der Waals surface area contributed by atoms with Crippen LogP contribution in [-0.4, -0.2) is 81.4 Å². The summed E-state index contributed by atoms with van der Waals surface area (Å²) in [4.78, 5) is 73.4. The molecule has 2 fully saturated rings. The molecule has 6 atom stereocenters. The van der Waals surface area contributed by atoms with Crippen LogP contribution in [0.4, 0.5) is 0 Å². The van der Waals surface area contributed by atoms with Crippen LogP contribution in [0.2, 0.25) is 0 Å². The molecule has 3 aliphatic carbocycles. The maximum Gasteiger partial charge on any atom is 0.235 e. The number of nitrogens with two attached hydrogens (primary N) is 1. The Morgan fingerprint density at radius 2 is 1.86 bits per heavy atom. The number of aliphatic hydroxyl groups is 1. The minimum Gasteiger partial charge on any atom is -0.507 e. The van der Waals surface area contributed by atoms with Crippen molar-refractivity contribution in [3.05, 3.63) is 47.2 Å². The number of hydrogen-bond acceptors (Lipinski definition) is 10. The zero-order valence-corrected chi connectivity index (χ0v) is 25.0. The van der Waals surface area contributed by atoms with Gasteiger partial charge in [-0.05, 0) is 62.0 Å². The summed E-state index contributed by atoms with van der Waals surface area (Å²) in [7, 11) is 3.11. The highest BCUT2D eigenvalue weighted by Crippen LogP contribution is 2.52. The minimum atomic E-state index is -2.76. The van der Waals surface area contributed by atoms with Crippen LogP contribution >= 0.6 is 0 Å². The SMILES string of the molecule is CN(C)[C@H]1C(=O)C(C(N)=O)C(=O)[C@]2(O)C(=O)C3C(=O)c4c(O)c(CNCC(C)(C)C)cc(-c5ccccn5)c4C[C@@H]3C[C@H]12. The van der Waals surface area contributed by atoms with E-state index >= 15 is 0 Å². The average molecular weight is 591 g/mol. The number of primary amides is 1. The number of aromatic hydroxyl groups is 1. The molecule has 1 amide bonds. The van der Waals surface area contributed by atoms with Crippen molar-refractivity contribution in [2.75, 3.05) is 20.6 Å². The Hall–Kier alpha value is -3.80.